The summed E-state index contributed by atoms with van der Waals surface area (Å²) in [5.41, 5.74) is 1.88. The van der Waals surface area contributed by atoms with Gasteiger partial charge in [-0.3, -0.25) is 4.90 Å². The molecule has 3 rings (SSSR count). The van der Waals surface area contributed by atoms with Crippen molar-refractivity contribution in [3.05, 3.63) is 29.8 Å². The molecule has 1 aromatic carbocycles. The van der Waals surface area contributed by atoms with Crippen LogP contribution in [0.1, 0.15) is 25.3 Å². The molecule has 0 bridgehead atoms. The zero-order valence-corrected chi connectivity index (χ0v) is 11.8. The third-order valence-corrected chi connectivity index (χ3v) is 4.35. The van der Waals surface area contributed by atoms with Gasteiger partial charge in [0.05, 0.1) is 6.61 Å². The maximum Gasteiger partial charge on any atom is 0.119 e. The summed E-state index contributed by atoms with van der Waals surface area (Å²) in [6.07, 6.45) is 2.65. The second-order valence-corrected chi connectivity index (χ2v) is 5.77. The van der Waals surface area contributed by atoms with Crippen LogP contribution >= 0.6 is 0 Å². The smallest absolute Gasteiger partial charge is 0.119 e. The number of piperazine rings is 1. The fourth-order valence-corrected chi connectivity index (χ4v) is 3.07. The van der Waals surface area contributed by atoms with E-state index in [9.17, 15) is 0 Å². The Morgan fingerprint density at radius 2 is 2.05 bits per heavy atom. The van der Waals surface area contributed by atoms with Gasteiger partial charge in [0.1, 0.15) is 5.75 Å². The lowest BCUT2D eigenvalue weighted by Gasteiger charge is -2.31. The third-order valence-electron chi connectivity index (χ3n) is 4.35. The lowest BCUT2D eigenvalue weighted by Crippen LogP contribution is -2.46. The molecule has 3 nitrogen and oxygen atoms in total. The molecule has 19 heavy (non-hydrogen) atoms. The van der Waals surface area contributed by atoms with Crippen molar-refractivity contribution < 1.29 is 4.74 Å². The number of hydrogen-bond donors (Lipinski definition) is 1. The Hall–Kier alpha value is -1.06. The molecule has 1 saturated heterocycles. The van der Waals surface area contributed by atoms with Crippen LogP contribution in [-0.4, -0.2) is 44.2 Å². The largest absolute Gasteiger partial charge is 0.494 e. The van der Waals surface area contributed by atoms with Crippen molar-refractivity contribution in [1.29, 1.82) is 0 Å². The van der Waals surface area contributed by atoms with Crippen LogP contribution in [0.15, 0.2) is 24.3 Å². The molecule has 104 valence electrons. The Kier molecular flexibility index (Phi) is 3.76. The summed E-state index contributed by atoms with van der Waals surface area (Å²) in [4.78, 5) is 2.61. The van der Waals surface area contributed by atoms with Crippen LogP contribution in [0.25, 0.3) is 0 Å². The van der Waals surface area contributed by atoms with Crippen LogP contribution in [0.4, 0.5) is 0 Å². The maximum atomic E-state index is 5.64. The molecule has 0 atom stereocenters. The molecule has 2 aliphatic rings. The average Bonchev–Trinajstić information content (AvgIpc) is 3.22. The summed E-state index contributed by atoms with van der Waals surface area (Å²) in [7, 11) is 0. The van der Waals surface area contributed by atoms with Crippen LogP contribution in [-0.2, 0) is 5.41 Å². The topological polar surface area (TPSA) is 24.5 Å². The van der Waals surface area contributed by atoms with E-state index < -0.39 is 0 Å². The Morgan fingerprint density at radius 1 is 1.26 bits per heavy atom. The monoisotopic (exact) mass is 260 g/mol. The number of ether oxygens (including phenoxy) is 1. The predicted octanol–water partition coefficient (Wildman–Crippen LogP) is 2.02. The maximum absolute atomic E-state index is 5.64. The van der Waals surface area contributed by atoms with Crippen molar-refractivity contribution in [3.63, 3.8) is 0 Å². The molecule has 1 N–H and O–H groups in total. The molecule has 0 spiro atoms. The summed E-state index contributed by atoms with van der Waals surface area (Å²) in [6, 6.07) is 8.72. The first-order chi connectivity index (χ1) is 9.32. The van der Waals surface area contributed by atoms with Gasteiger partial charge in [0, 0.05) is 38.1 Å². The Labute approximate surface area is 115 Å². The molecule has 1 aliphatic carbocycles. The van der Waals surface area contributed by atoms with Crippen LogP contribution in [0, 0.1) is 0 Å². The predicted molar refractivity (Wildman–Crippen MR) is 77.8 cm³/mol. The zero-order valence-electron chi connectivity index (χ0n) is 11.8. The minimum atomic E-state index is 0.407. The SMILES string of the molecule is CCOc1cccc(C2(CN3CCNCC3)CC2)c1. The lowest BCUT2D eigenvalue weighted by molar-refractivity contribution is 0.220. The van der Waals surface area contributed by atoms with Gasteiger partial charge in [-0.1, -0.05) is 12.1 Å². The first-order valence-electron chi connectivity index (χ1n) is 7.49. The Morgan fingerprint density at radius 3 is 2.74 bits per heavy atom. The van der Waals surface area contributed by atoms with E-state index >= 15 is 0 Å². The highest BCUT2D eigenvalue weighted by molar-refractivity contribution is 5.38. The standard InChI is InChI=1S/C16H24N2O/c1-2-19-15-5-3-4-14(12-15)16(6-7-16)13-18-10-8-17-9-11-18/h3-5,12,17H,2,6-11,13H2,1H3. The van der Waals surface area contributed by atoms with E-state index in [-0.39, 0.29) is 0 Å². The Balaban J connectivity index is 1.71. The van der Waals surface area contributed by atoms with Crippen LogP contribution in [0.3, 0.4) is 0 Å². The highest BCUT2D eigenvalue weighted by atomic mass is 16.5. The lowest BCUT2D eigenvalue weighted by atomic mass is 9.95. The molecule has 0 radical (unpaired) electrons. The molecule has 2 fully saturated rings. The normalized spacial score (nSPS) is 22.2. The molecular weight excluding hydrogens is 236 g/mol. The van der Waals surface area contributed by atoms with Crippen molar-refractivity contribution in [2.24, 2.45) is 0 Å². The van der Waals surface area contributed by atoms with Gasteiger partial charge < -0.3 is 10.1 Å². The number of nitrogens with one attached hydrogen (secondary N) is 1. The highest BCUT2D eigenvalue weighted by Gasteiger charge is 2.45. The van der Waals surface area contributed by atoms with Crippen LogP contribution in [0.2, 0.25) is 0 Å². The van der Waals surface area contributed by atoms with E-state index in [4.69, 9.17) is 4.74 Å². The van der Waals surface area contributed by atoms with E-state index in [1.807, 2.05) is 6.92 Å². The van der Waals surface area contributed by atoms with Crippen molar-refractivity contribution in [3.8, 4) is 5.75 Å². The molecule has 1 heterocycles. The summed E-state index contributed by atoms with van der Waals surface area (Å²) in [5, 5.41) is 3.42. The number of rotatable bonds is 5. The van der Waals surface area contributed by atoms with E-state index in [1.165, 1.54) is 38.0 Å². The van der Waals surface area contributed by atoms with Gasteiger partial charge in [-0.05, 0) is 37.5 Å². The van der Waals surface area contributed by atoms with Gasteiger partial charge in [0.15, 0.2) is 0 Å². The van der Waals surface area contributed by atoms with Crippen LogP contribution < -0.4 is 10.1 Å². The Bertz CT molecular complexity index is 423. The molecule has 3 heteroatoms. The fourth-order valence-electron chi connectivity index (χ4n) is 3.07. The summed E-state index contributed by atoms with van der Waals surface area (Å²) >= 11 is 0. The minimum Gasteiger partial charge on any atom is -0.494 e. The second kappa shape index (κ2) is 5.51. The van der Waals surface area contributed by atoms with E-state index in [0.717, 1.165) is 25.4 Å². The van der Waals surface area contributed by atoms with Gasteiger partial charge in [-0.2, -0.15) is 0 Å². The number of hydrogen-bond acceptors (Lipinski definition) is 3. The van der Waals surface area contributed by atoms with E-state index in [0.29, 0.717) is 5.41 Å². The fraction of sp³-hybridized carbons (Fsp3) is 0.625. The third kappa shape index (κ3) is 2.93. The first kappa shape index (κ1) is 12.9. The first-order valence-corrected chi connectivity index (χ1v) is 7.49. The molecule has 0 aromatic heterocycles. The van der Waals surface area contributed by atoms with Crippen molar-refractivity contribution >= 4 is 0 Å². The molecule has 1 aliphatic heterocycles. The second-order valence-electron chi connectivity index (χ2n) is 5.77. The average molecular weight is 260 g/mol. The molecule has 1 saturated carbocycles. The minimum absolute atomic E-state index is 0.407. The van der Waals surface area contributed by atoms with Gasteiger partial charge in [-0.25, -0.2) is 0 Å². The summed E-state index contributed by atoms with van der Waals surface area (Å²) in [5.74, 6) is 1.02. The van der Waals surface area contributed by atoms with Crippen molar-refractivity contribution in [2.45, 2.75) is 25.2 Å². The number of nitrogens with zero attached hydrogens (tertiary/aromatic N) is 1. The molecule has 0 unspecified atom stereocenters. The van der Waals surface area contributed by atoms with Gasteiger partial charge in [0.2, 0.25) is 0 Å². The van der Waals surface area contributed by atoms with Gasteiger partial charge in [0.25, 0.3) is 0 Å². The van der Waals surface area contributed by atoms with E-state index in [1.54, 1.807) is 0 Å². The highest BCUT2D eigenvalue weighted by Crippen LogP contribution is 2.49. The van der Waals surface area contributed by atoms with Crippen LogP contribution in [0.5, 0.6) is 5.75 Å². The molecule has 0 amide bonds. The molecule has 1 aromatic rings. The quantitative estimate of drug-likeness (QED) is 0.876. The molecular formula is C16H24N2O. The van der Waals surface area contributed by atoms with Gasteiger partial charge >= 0.3 is 0 Å². The van der Waals surface area contributed by atoms with Crippen molar-refractivity contribution in [2.75, 3.05) is 39.3 Å². The van der Waals surface area contributed by atoms with Gasteiger partial charge in [-0.15, -0.1) is 0 Å². The number of benzene rings is 1. The summed E-state index contributed by atoms with van der Waals surface area (Å²) in [6.45, 7) is 8.64. The zero-order chi connectivity index (χ0) is 13.1. The van der Waals surface area contributed by atoms with E-state index in [2.05, 4.69) is 34.5 Å². The van der Waals surface area contributed by atoms with Crippen molar-refractivity contribution in [1.82, 2.24) is 10.2 Å². The summed E-state index contributed by atoms with van der Waals surface area (Å²) < 4.78 is 5.64.